The molecule has 1 fully saturated rings. The molecular formula is C21H25F2N5O2. The predicted octanol–water partition coefficient (Wildman–Crippen LogP) is 3.53. The minimum atomic E-state index is -0.714. The molecule has 3 amide bonds. The average Bonchev–Trinajstić information content (AvgIpc) is 2.72. The summed E-state index contributed by atoms with van der Waals surface area (Å²) in [5.41, 5.74) is 0.588. The summed E-state index contributed by atoms with van der Waals surface area (Å²) in [5.74, 6) is -1.17. The van der Waals surface area contributed by atoms with Crippen molar-refractivity contribution in [3.05, 3.63) is 42.2 Å². The quantitative estimate of drug-likeness (QED) is 0.826. The molecule has 30 heavy (non-hydrogen) atoms. The maximum Gasteiger partial charge on any atom is 0.321 e. The number of hydrogen-bond donors (Lipinski definition) is 1. The van der Waals surface area contributed by atoms with Gasteiger partial charge in [0.15, 0.2) is 5.82 Å². The van der Waals surface area contributed by atoms with Crippen LogP contribution in [0, 0.1) is 17.6 Å². The maximum atomic E-state index is 13.4. The lowest BCUT2D eigenvalue weighted by atomic mass is 10.0. The van der Waals surface area contributed by atoms with Crippen molar-refractivity contribution in [2.45, 2.75) is 32.7 Å². The number of piperidine rings is 1. The van der Waals surface area contributed by atoms with Gasteiger partial charge in [0.2, 0.25) is 5.91 Å². The Hall–Kier alpha value is -3.10. The van der Waals surface area contributed by atoms with Crippen LogP contribution in [0.4, 0.5) is 19.3 Å². The van der Waals surface area contributed by atoms with E-state index in [1.165, 1.54) is 12.4 Å². The number of hydrogen-bond acceptors (Lipinski definition) is 4. The molecule has 0 spiro atoms. The van der Waals surface area contributed by atoms with Gasteiger partial charge >= 0.3 is 6.03 Å². The molecule has 1 saturated heterocycles. The van der Waals surface area contributed by atoms with E-state index >= 15 is 0 Å². The number of anilines is 1. The van der Waals surface area contributed by atoms with Crippen LogP contribution in [0.2, 0.25) is 0 Å². The fraction of sp³-hybridized carbons (Fsp3) is 0.429. The van der Waals surface area contributed by atoms with E-state index in [4.69, 9.17) is 0 Å². The van der Waals surface area contributed by atoms with Gasteiger partial charge in [-0.05, 0) is 25.0 Å². The lowest BCUT2D eigenvalue weighted by Crippen LogP contribution is -2.49. The second kappa shape index (κ2) is 9.15. The van der Waals surface area contributed by atoms with E-state index in [1.54, 1.807) is 11.9 Å². The van der Waals surface area contributed by atoms with Gasteiger partial charge in [-0.25, -0.2) is 23.5 Å². The highest BCUT2D eigenvalue weighted by atomic mass is 19.1. The Labute approximate surface area is 174 Å². The van der Waals surface area contributed by atoms with Crippen LogP contribution in [-0.4, -0.2) is 57.9 Å². The Morgan fingerprint density at radius 2 is 1.67 bits per heavy atom. The Balaban J connectivity index is 1.57. The Morgan fingerprint density at radius 3 is 2.20 bits per heavy atom. The topological polar surface area (TPSA) is 78.4 Å². The van der Waals surface area contributed by atoms with Gasteiger partial charge in [-0.2, -0.15) is 0 Å². The average molecular weight is 417 g/mol. The number of halogens is 2. The molecule has 9 heteroatoms. The number of carbonyl (C=O) groups excluding carboxylic acids is 2. The molecule has 0 atom stereocenters. The van der Waals surface area contributed by atoms with Crippen LogP contribution in [0.3, 0.4) is 0 Å². The molecule has 0 unspecified atom stereocenters. The standard InChI is InChI=1S/C21H25F2N5O2/c1-13(2)20(29)28-6-4-18(5-7-28)27(3)21(30)26-17-11-24-19(25-12-17)14-8-15(22)10-16(23)9-14/h8-13,18H,4-7H2,1-3H3,(H,26,30). The third kappa shape index (κ3) is 5.08. The van der Waals surface area contributed by atoms with Gasteiger partial charge in [0.1, 0.15) is 11.6 Å². The fourth-order valence-electron chi connectivity index (χ4n) is 3.44. The monoisotopic (exact) mass is 417 g/mol. The number of amides is 3. The van der Waals surface area contributed by atoms with Gasteiger partial charge in [0.25, 0.3) is 0 Å². The lowest BCUT2D eigenvalue weighted by molar-refractivity contribution is -0.135. The number of aromatic nitrogens is 2. The van der Waals surface area contributed by atoms with Crippen molar-refractivity contribution in [3.8, 4) is 11.4 Å². The van der Waals surface area contributed by atoms with Crippen LogP contribution < -0.4 is 5.32 Å². The van der Waals surface area contributed by atoms with Crippen LogP contribution in [-0.2, 0) is 4.79 Å². The number of rotatable bonds is 4. The highest BCUT2D eigenvalue weighted by Crippen LogP contribution is 2.20. The normalized spacial score (nSPS) is 14.7. The minimum absolute atomic E-state index is 0.0247. The summed E-state index contributed by atoms with van der Waals surface area (Å²) < 4.78 is 26.7. The van der Waals surface area contributed by atoms with E-state index in [0.29, 0.717) is 31.6 Å². The second-order valence-corrected chi connectivity index (χ2v) is 7.71. The number of nitrogens with one attached hydrogen (secondary N) is 1. The Kier molecular flexibility index (Phi) is 6.59. The number of carbonyl (C=O) groups is 2. The van der Waals surface area contributed by atoms with Crippen molar-refractivity contribution in [1.29, 1.82) is 0 Å². The molecule has 1 aliphatic rings. The number of likely N-dealkylation sites (tertiary alicyclic amines) is 1. The van der Waals surface area contributed by atoms with E-state index in [2.05, 4.69) is 15.3 Å². The molecule has 0 radical (unpaired) electrons. The van der Waals surface area contributed by atoms with Gasteiger partial charge in [-0.15, -0.1) is 0 Å². The van der Waals surface area contributed by atoms with Crippen molar-refractivity contribution in [3.63, 3.8) is 0 Å². The van der Waals surface area contributed by atoms with E-state index in [-0.39, 0.29) is 35.3 Å². The molecule has 7 nitrogen and oxygen atoms in total. The van der Waals surface area contributed by atoms with Gasteiger partial charge in [-0.1, -0.05) is 13.8 Å². The van der Waals surface area contributed by atoms with Gasteiger partial charge in [0, 0.05) is 43.7 Å². The van der Waals surface area contributed by atoms with Gasteiger partial charge in [-0.3, -0.25) is 4.79 Å². The molecule has 3 rings (SSSR count). The zero-order valence-corrected chi connectivity index (χ0v) is 17.2. The van der Waals surface area contributed by atoms with E-state index in [0.717, 1.165) is 18.2 Å². The van der Waals surface area contributed by atoms with Crippen molar-refractivity contribution in [1.82, 2.24) is 19.8 Å². The first-order valence-corrected chi connectivity index (χ1v) is 9.85. The highest BCUT2D eigenvalue weighted by Gasteiger charge is 2.28. The summed E-state index contributed by atoms with van der Waals surface area (Å²) in [7, 11) is 1.71. The third-order valence-electron chi connectivity index (χ3n) is 5.16. The highest BCUT2D eigenvalue weighted by molar-refractivity contribution is 5.89. The molecule has 2 aromatic rings. The van der Waals surface area contributed by atoms with Crippen LogP contribution >= 0.6 is 0 Å². The Morgan fingerprint density at radius 1 is 1.10 bits per heavy atom. The summed E-state index contributed by atoms with van der Waals surface area (Å²) in [6.07, 6.45) is 4.20. The number of benzene rings is 1. The number of urea groups is 1. The summed E-state index contributed by atoms with van der Waals surface area (Å²) in [6.45, 7) is 5.01. The lowest BCUT2D eigenvalue weighted by Gasteiger charge is -2.37. The first kappa shape index (κ1) is 21.6. The molecule has 0 aliphatic carbocycles. The van der Waals surface area contributed by atoms with Crippen LogP contribution in [0.5, 0.6) is 0 Å². The summed E-state index contributed by atoms with van der Waals surface area (Å²) in [4.78, 5) is 36.3. The van der Waals surface area contributed by atoms with Crippen LogP contribution in [0.25, 0.3) is 11.4 Å². The molecule has 1 aromatic heterocycles. The first-order valence-electron chi connectivity index (χ1n) is 9.85. The van der Waals surface area contributed by atoms with Crippen molar-refractivity contribution >= 4 is 17.6 Å². The summed E-state index contributed by atoms with van der Waals surface area (Å²) >= 11 is 0. The first-order chi connectivity index (χ1) is 14.2. The van der Waals surface area contributed by atoms with E-state index < -0.39 is 11.6 Å². The van der Waals surface area contributed by atoms with E-state index in [9.17, 15) is 18.4 Å². The molecule has 0 bridgehead atoms. The van der Waals surface area contributed by atoms with Crippen LogP contribution in [0.15, 0.2) is 30.6 Å². The largest absolute Gasteiger partial charge is 0.342 e. The molecule has 0 saturated carbocycles. The zero-order chi connectivity index (χ0) is 21.8. The molecule has 2 heterocycles. The summed E-state index contributed by atoms with van der Waals surface area (Å²) in [5, 5.41) is 2.73. The van der Waals surface area contributed by atoms with Crippen LogP contribution in [0.1, 0.15) is 26.7 Å². The maximum absolute atomic E-state index is 13.4. The molecule has 1 aliphatic heterocycles. The SMILES string of the molecule is CC(C)C(=O)N1CCC(N(C)C(=O)Nc2cnc(-c3cc(F)cc(F)c3)nc2)CC1. The smallest absolute Gasteiger partial charge is 0.321 e. The second-order valence-electron chi connectivity index (χ2n) is 7.71. The zero-order valence-electron chi connectivity index (χ0n) is 17.2. The van der Waals surface area contributed by atoms with Crippen molar-refractivity contribution < 1.29 is 18.4 Å². The predicted molar refractivity (Wildman–Crippen MR) is 109 cm³/mol. The fourth-order valence-corrected chi connectivity index (χ4v) is 3.44. The molecule has 160 valence electrons. The summed E-state index contributed by atoms with van der Waals surface area (Å²) in [6, 6.07) is 2.77. The molecular weight excluding hydrogens is 392 g/mol. The number of nitrogens with zero attached hydrogens (tertiary/aromatic N) is 4. The molecule has 1 N–H and O–H groups in total. The molecule has 1 aromatic carbocycles. The van der Waals surface area contributed by atoms with Gasteiger partial charge < -0.3 is 15.1 Å². The van der Waals surface area contributed by atoms with Crippen molar-refractivity contribution in [2.24, 2.45) is 5.92 Å². The Bertz CT molecular complexity index is 892. The third-order valence-corrected chi connectivity index (χ3v) is 5.16. The van der Waals surface area contributed by atoms with Gasteiger partial charge in [0.05, 0.1) is 18.1 Å². The van der Waals surface area contributed by atoms with E-state index in [1.807, 2.05) is 18.7 Å². The van der Waals surface area contributed by atoms with Crippen molar-refractivity contribution in [2.75, 3.05) is 25.5 Å². The minimum Gasteiger partial charge on any atom is -0.342 e.